The van der Waals surface area contributed by atoms with Gasteiger partial charge in [-0.2, -0.15) is 0 Å². The number of anilines is 1. The van der Waals surface area contributed by atoms with Gasteiger partial charge >= 0.3 is 6.09 Å². The van der Waals surface area contributed by atoms with Crippen molar-refractivity contribution in [1.29, 1.82) is 0 Å². The lowest BCUT2D eigenvalue weighted by Gasteiger charge is -2.13. The standard InChI is InChI=1S/C20H15NO2/c1-23-20(22)21-19-12-18-14-7-3-2-6-13(14)10-11-16(18)15-8-4-5-9-17(15)19/h2-12H,1H3,(H,21,22). The summed E-state index contributed by atoms with van der Waals surface area (Å²) in [5.74, 6) is 0. The first-order chi connectivity index (χ1) is 11.3. The quantitative estimate of drug-likeness (QED) is 0.483. The Bertz CT molecular complexity index is 1050. The van der Waals surface area contributed by atoms with Crippen LogP contribution in [0.2, 0.25) is 0 Å². The number of hydrogen-bond acceptors (Lipinski definition) is 2. The Kier molecular flexibility index (Phi) is 3.12. The minimum absolute atomic E-state index is 0.463. The highest BCUT2D eigenvalue weighted by atomic mass is 16.5. The van der Waals surface area contributed by atoms with Crippen molar-refractivity contribution in [3.8, 4) is 0 Å². The summed E-state index contributed by atoms with van der Waals surface area (Å²) in [6.07, 6.45) is -0.463. The summed E-state index contributed by atoms with van der Waals surface area (Å²) in [5, 5.41) is 9.59. The second kappa shape index (κ2) is 5.29. The lowest BCUT2D eigenvalue weighted by Crippen LogP contribution is -2.11. The molecule has 4 aromatic carbocycles. The predicted octanol–water partition coefficient (Wildman–Crippen LogP) is 5.32. The third kappa shape index (κ3) is 2.18. The zero-order valence-corrected chi connectivity index (χ0v) is 12.7. The average molecular weight is 301 g/mol. The van der Waals surface area contributed by atoms with E-state index in [9.17, 15) is 4.79 Å². The Labute approximate surface area is 133 Å². The van der Waals surface area contributed by atoms with Crippen molar-refractivity contribution >= 4 is 44.1 Å². The van der Waals surface area contributed by atoms with Gasteiger partial charge in [-0.3, -0.25) is 5.32 Å². The maximum Gasteiger partial charge on any atom is 0.411 e. The van der Waals surface area contributed by atoms with E-state index in [1.54, 1.807) is 0 Å². The summed E-state index contributed by atoms with van der Waals surface area (Å²) in [4.78, 5) is 11.7. The summed E-state index contributed by atoms with van der Waals surface area (Å²) in [7, 11) is 1.37. The summed E-state index contributed by atoms with van der Waals surface area (Å²) < 4.78 is 4.75. The van der Waals surface area contributed by atoms with E-state index in [0.717, 1.165) is 21.8 Å². The van der Waals surface area contributed by atoms with Crippen LogP contribution in [-0.2, 0) is 4.74 Å². The van der Waals surface area contributed by atoms with Crippen LogP contribution in [0, 0.1) is 0 Å². The molecule has 1 N–H and O–H groups in total. The van der Waals surface area contributed by atoms with Crippen LogP contribution in [0.5, 0.6) is 0 Å². The molecule has 0 aliphatic heterocycles. The number of carbonyl (C=O) groups excluding carboxylic acids is 1. The fourth-order valence-electron chi connectivity index (χ4n) is 3.13. The van der Waals surface area contributed by atoms with Gasteiger partial charge in [0.2, 0.25) is 0 Å². The number of amides is 1. The number of ether oxygens (including phenoxy) is 1. The highest BCUT2D eigenvalue weighted by molar-refractivity contribution is 6.21. The molecule has 3 nitrogen and oxygen atoms in total. The predicted molar refractivity (Wildman–Crippen MR) is 95.0 cm³/mol. The molecular formula is C20H15NO2. The first kappa shape index (κ1) is 13.6. The molecule has 0 bridgehead atoms. The Morgan fingerprint density at radius 3 is 2.22 bits per heavy atom. The molecule has 0 atom stereocenters. The van der Waals surface area contributed by atoms with Crippen molar-refractivity contribution < 1.29 is 9.53 Å². The molecule has 0 spiro atoms. The minimum atomic E-state index is -0.463. The monoisotopic (exact) mass is 301 g/mol. The van der Waals surface area contributed by atoms with Gasteiger partial charge in [0.1, 0.15) is 0 Å². The Morgan fingerprint density at radius 1 is 0.783 bits per heavy atom. The fraction of sp³-hybridized carbons (Fsp3) is 0.0500. The third-order valence-corrected chi connectivity index (χ3v) is 4.19. The van der Waals surface area contributed by atoms with Gasteiger partial charge in [-0.1, -0.05) is 60.7 Å². The van der Waals surface area contributed by atoms with Gasteiger partial charge in [-0.15, -0.1) is 0 Å². The van der Waals surface area contributed by atoms with Gasteiger partial charge < -0.3 is 4.74 Å². The number of rotatable bonds is 1. The van der Waals surface area contributed by atoms with Crippen LogP contribution >= 0.6 is 0 Å². The van der Waals surface area contributed by atoms with Crippen molar-refractivity contribution in [2.75, 3.05) is 12.4 Å². The first-order valence-electron chi connectivity index (χ1n) is 7.46. The number of methoxy groups -OCH3 is 1. The summed E-state index contributed by atoms with van der Waals surface area (Å²) in [6, 6.07) is 22.6. The number of nitrogens with one attached hydrogen (secondary N) is 1. The van der Waals surface area contributed by atoms with Crippen LogP contribution in [0.4, 0.5) is 10.5 Å². The number of hydrogen-bond donors (Lipinski definition) is 1. The van der Waals surface area contributed by atoms with E-state index in [2.05, 4.69) is 35.6 Å². The smallest absolute Gasteiger partial charge is 0.411 e. The van der Waals surface area contributed by atoms with Crippen LogP contribution in [0.1, 0.15) is 0 Å². The van der Waals surface area contributed by atoms with E-state index >= 15 is 0 Å². The molecule has 0 saturated carbocycles. The maximum absolute atomic E-state index is 11.7. The van der Waals surface area contributed by atoms with E-state index < -0.39 is 6.09 Å². The van der Waals surface area contributed by atoms with Gasteiger partial charge in [0.25, 0.3) is 0 Å². The molecule has 23 heavy (non-hydrogen) atoms. The lowest BCUT2D eigenvalue weighted by molar-refractivity contribution is 0.187. The second-order valence-electron chi connectivity index (χ2n) is 5.47. The SMILES string of the molecule is COC(=O)Nc1cc2c3ccccc3ccc2c2ccccc12. The van der Waals surface area contributed by atoms with E-state index in [-0.39, 0.29) is 0 Å². The van der Waals surface area contributed by atoms with E-state index in [1.807, 2.05) is 36.4 Å². The largest absolute Gasteiger partial charge is 0.453 e. The Morgan fingerprint density at radius 2 is 1.43 bits per heavy atom. The lowest BCUT2D eigenvalue weighted by atomic mass is 9.96. The van der Waals surface area contributed by atoms with Gasteiger partial charge in [0.05, 0.1) is 12.8 Å². The van der Waals surface area contributed by atoms with Gasteiger partial charge in [-0.05, 0) is 33.0 Å². The van der Waals surface area contributed by atoms with Gasteiger partial charge in [0.15, 0.2) is 0 Å². The fourth-order valence-corrected chi connectivity index (χ4v) is 3.13. The van der Waals surface area contributed by atoms with E-state index in [1.165, 1.54) is 23.3 Å². The zero-order chi connectivity index (χ0) is 15.8. The maximum atomic E-state index is 11.7. The summed E-state index contributed by atoms with van der Waals surface area (Å²) >= 11 is 0. The molecule has 0 radical (unpaired) electrons. The van der Waals surface area contributed by atoms with Crippen LogP contribution < -0.4 is 5.32 Å². The van der Waals surface area contributed by atoms with Crippen LogP contribution in [0.15, 0.2) is 66.7 Å². The molecule has 4 aromatic rings. The average Bonchev–Trinajstić information content (AvgIpc) is 2.61. The second-order valence-corrected chi connectivity index (χ2v) is 5.47. The zero-order valence-electron chi connectivity index (χ0n) is 12.7. The summed E-state index contributed by atoms with van der Waals surface area (Å²) in [6.45, 7) is 0. The molecule has 0 fully saturated rings. The molecular weight excluding hydrogens is 286 g/mol. The topological polar surface area (TPSA) is 38.3 Å². The minimum Gasteiger partial charge on any atom is -0.453 e. The van der Waals surface area contributed by atoms with E-state index in [4.69, 9.17) is 4.74 Å². The van der Waals surface area contributed by atoms with Crippen molar-refractivity contribution in [2.45, 2.75) is 0 Å². The molecule has 4 rings (SSSR count). The molecule has 112 valence electrons. The van der Waals surface area contributed by atoms with Crippen molar-refractivity contribution in [3.05, 3.63) is 66.7 Å². The van der Waals surface area contributed by atoms with Crippen molar-refractivity contribution in [3.63, 3.8) is 0 Å². The Hall–Kier alpha value is -3.07. The molecule has 3 heteroatoms. The normalized spacial score (nSPS) is 11.0. The first-order valence-corrected chi connectivity index (χ1v) is 7.46. The molecule has 0 unspecified atom stereocenters. The molecule has 0 heterocycles. The highest BCUT2D eigenvalue weighted by Gasteiger charge is 2.11. The molecule has 1 amide bonds. The number of benzene rings is 4. The van der Waals surface area contributed by atoms with Crippen LogP contribution in [0.25, 0.3) is 32.3 Å². The molecule has 0 aliphatic carbocycles. The number of carbonyl (C=O) groups is 1. The van der Waals surface area contributed by atoms with E-state index in [0.29, 0.717) is 0 Å². The molecule has 0 aromatic heterocycles. The molecule has 0 saturated heterocycles. The highest BCUT2D eigenvalue weighted by Crippen LogP contribution is 2.35. The van der Waals surface area contributed by atoms with Gasteiger partial charge in [0, 0.05) is 5.39 Å². The third-order valence-electron chi connectivity index (χ3n) is 4.19. The summed E-state index contributed by atoms with van der Waals surface area (Å²) in [5.41, 5.74) is 0.760. The number of fused-ring (bicyclic) bond motifs is 5. The molecule has 0 aliphatic rings. The van der Waals surface area contributed by atoms with Crippen molar-refractivity contribution in [1.82, 2.24) is 0 Å². The Balaban J connectivity index is 2.14. The van der Waals surface area contributed by atoms with Crippen LogP contribution in [0.3, 0.4) is 0 Å². The van der Waals surface area contributed by atoms with Gasteiger partial charge in [-0.25, -0.2) is 4.79 Å². The van der Waals surface area contributed by atoms with Crippen LogP contribution in [-0.4, -0.2) is 13.2 Å². The van der Waals surface area contributed by atoms with Crippen molar-refractivity contribution in [2.24, 2.45) is 0 Å².